The fourth-order valence-electron chi connectivity index (χ4n) is 3.95. The SMILES string of the molecule is C[C@H]1CC[C@H](COc2cncc(N3CCc4ccccc43)c2)CC1. The summed E-state index contributed by atoms with van der Waals surface area (Å²) in [6, 6.07) is 10.8. The van der Waals surface area contributed by atoms with Crippen LogP contribution in [0.1, 0.15) is 38.2 Å². The predicted molar refractivity (Wildman–Crippen MR) is 98.0 cm³/mol. The van der Waals surface area contributed by atoms with Gasteiger partial charge >= 0.3 is 0 Å². The molecule has 126 valence electrons. The molecule has 2 heterocycles. The van der Waals surface area contributed by atoms with E-state index < -0.39 is 0 Å². The van der Waals surface area contributed by atoms with Gasteiger partial charge in [0.15, 0.2) is 0 Å². The molecule has 4 rings (SSSR count). The van der Waals surface area contributed by atoms with Gasteiger partial charge in [0.25, 0.3) is 0 Å². The Bertz CT molecular complexity index is 692. The molecule has 0 unspecified atom stereocenters. The number of hydrogen-bond donors (Lipinski definition) is 0. The summed E-state index contributed by atoms with van der Waals surface area (Å²) in [5.74, 6) is 2.49. The molecular formula is C21H26N2O. The molecule has 1 saturated carbocycles. The Hall–Kier alpha value is -2.03. The van der Waals surface area contributed by atoms with Crippen LogP contribution in [0, 0.1) is 11.8 Å². The van der Waals surface area contributed by atoms with Crippen LogP contribution in [-0.4, -0.2) is 18.1 Å². The molecule has 2 aromatic rings. The van der Waals surface area contributed by atoms with Crippen LogP contribution in [0.15, 0.2) is 42.7 Å². The second-order valence-electron chi connectivity index (χ2n) is 7.35. The molecule has 0 atom stereocenters. The minimum atomic E-state index is 0.706. The molecule has 1 aliphatic carbocycles. The minimum absolute atomic E-state index is 0.706. The summed E-state index contributed by atoms with van der Waals surface area (Å²) >= 11 is 0. The van der Waals surface area contributed by atoms with Gasteiger partial charge in [-0.3, -0.25) is 4.98 Å². The number of ether oxygens (including phenoxy) is 1. The second kappa shape index (κ2) is 6.84. The lowest BCUT2D eigenvalue weighted by Crippen LogP contribution is -2.19. The number of rotatable bonds is 4. The molecule has 1 fully saturated rings. The van der Waals surface area contributed by atoms with Gasteiger partial charge < -0.3 is 9.64 Å². The Morgan fingerprint density at radius 2 is 1.96 bits per heavy atom. The monoisotopic (exact) mass is 322 g/mol. The van der Waals surface area contributed by atoms with Crippen molar-refractivity contribution in [3.05, 3.63) is 48.3 Å². The molecule has 24 heavy (non-hydrogen) atoms. The van der Waals surface area contributed by atoms with Crippen molar-refractivity contribution in [1.82, 2.24) is 4.98 Å². The summed E-state index contributed by atoms with van der Waals surface area (Å²) in [4.78, 5) is 6.76. The molecule has 0 saturated heterocycles. The zero-order chi connectivity index (χ0) is 16.4. The first kappa shape index (κ1) is 15.5. The van der Waals surface area contributed by atoms with Crippen molar-refractivity contribution in [1.29, 1.82) is 0 Å². The molecule has 0 radical (unpaired) electrons. The van der Waals surface area contributed by atoms with E-state index in [1.165, 1.54) is 36.9 Å². The first-order chi connectivity index (χ1) is 11.8. The summed E-state index contributed by atoms with van der Waals surface area (Å²) in [7, 11) is 0. The van der Waals surface area contributed by atoms with E-state index in [9.17, 15) is 0 Å². The first-order valence-corrected chi connectivity index (χ1v) is 9.23. The van der Waals surface area contributed by atoms with Crippen LogP contribution in [0.25, 0.3) is 0 Å². The van der Waals surface area contributed by atoms with Gasteiger partial charge in [0.2, 0.25) is 0 Å². The molecule has 2 aliphatic rings. The van der Waals surface area contributed by atoms with Gasteiger partial charge in [-0.05, 0) is 42.7 Å². The van der Waals surface area contributed by atoms with Crippen molar-refractivity contribution in [2.75, 3.05) is 18.1 Å². The van der Waals surface area contributed by atoms with Gasteiger partial charge in [-0.1, -0.05) is 38.0 Å². The molecule has 0 spiro atoms. The smallest absolute Gasteiger partial charge is 0.139 e. The van der Waals surface area contributed by atoms with Gasteiger partial charge in [0, 0.05) is 18.3 Å². The van der Waals surface area contributed by atoms with Crippen molar-refractivity contribution in [3.8, 4) is 5.75 Å². The largest absolute Gasteiger partial charge is 0.492 e. The van der Waals surface area contributed by atoms with E-state index in [2.05, 4.69) is 47.1 Å². The third-order valence-corrected chi connectivity index (χ3v) is 5.52. The topological polar surface area (TPSA) is 25.4 Å². The quantitative estimate of drug-likeness (QED) is 0.793. The first-order valence-electron chi connectivity index (χ1n) is 9.23. The number of aromatic nitrogens is 1. The standard InChI is InChI=1S/C21H26N2O/c1-16-6-8-17(9-7-16)15-24-20-12-19(13-22-14-20)23-11-10-18-4-2-3-5-21(18)23/h2-5,12-14,16-17H,6-11,15H2,1H3/t16-,17-. The molecule has 3 nitrogen and oxygen atoms in total. The Morgan fingerprint density at radius 1 is 1.12 bits per heavy atom. The molecule has 1 aromatic heterocycles. The fourth-order valence-corrected chi connectivity index (χ4v) is 3.95. The number of anilines is 2. The lowest BCUT2D eigenvalue weighted by atomic mass is 9.83. The zero-order valence-electron chi connectivity index (χ0n) is 14.4. The maximum Gasteiger partial charge on any atom is 0.139 e. The second-order valence-corrected chi connectivity index (χ2v) is 7.35. The van der Waals surface area contributed by atoms with Crippen molar-refractivity contribution in [2.45, 2.75) is 39.0 Å². The molecule has 0 amide bonds. The lowest BCUT2D eigenvalue weighted by Gasteiger charge is -2.26. The predicted octanol–water partition coefficient (Wildman–Crippen LogP) is 4.98. The molecular weight excluding hydrogens is 296 g/mol. The van der Waals surface area contributed by atoms with Crippen molar-refractivity contribution in [2.24, 2.45) is 11.8 Å². The average molecular weight is 322 g/mol. The van der Waals surface area contributed by atoms with Crippen molar-refractivity contribution >= 4 is 11.4 Å². The van der Waals surface area contributed by atoms with Crippen LogP contribution in [0.5, 0.6) is 5.75 Å². The fraction of sp³-hybridized carbons (Fsp3) is 0.476. The highest BCUT2D eigenvalue weighted by Crippen LogP contribution is 2.35. The minimum Gasteiger partial charge on any atom is -0.492 e. The summed E-state index contributed by atoms with van der Waals surface area (Å²) < 4.78 is 6.08. The van der Waals surface area contributed by atoms with Gasteiger partial charge in [-0.25, -0.2) is 0 Å². The zero-order valence-corrected chi connectivity index (χ0v) is 14.4. The highest BCUT2D eigenvalue weighted by Gasteiger charge is 2.21. The Labute approximate surface area is 144 Å². The van der Waals surface area contributed by atoms with E-state index in [-0.39, 0.29) is 0 Å². The lowest BCUT2D eigenvalue weighted by molar-refractivity contribution is 0.187. The van der Waals surface area contributed by atoms with Crippen molar-refractivity contribution in [3.63, 3.8) is 0 Å². The molecule has 0 bridgehead atoms. The third kappa shape index (κ3) is 3.26. The summed E-state index contributed by atoms with van der Waals surface area (Å²) in [5, 5.41) is 0. The third-order valence-electron chi connectivity index (χ3n) is 5.52. The number of fused-ring (bicyclic) bond motifs is 1. The number of para-hydroxylation sites is 1. The van der Waals surface area contributed by atoms with Crippen LogP contribution in [0.4, 0.5) is 11.4 Å². The molecule has 1 aromatic carbocycles. The van der Waals surface area contributed by atoms with E-state index in [0.29, 0.717) is 5.92 Å². The normalized spacial score (nSPS) is 23.1. The maximum absolute atomic E-state index is 6.08. The van der Waals surface area contributed by atoms with E-state index in [4.69, 9.17) is 4.74 Å². The number of nitrogens with zero attached hydrogens (tertiary/aromatic N) is 2. The van der Waals surface area contributed by atoms with Crippen LogP contribution in [0.2, 0.25) is 0 Å². The van der Waals surface area contributed by atoms with E-state index in [1.807, 2.05) is 12.4 Å². The van der Waals surface area contributed by atoms with Crippen LogP contribution < -0.4 is 9.64 Å². The van der Waals surface area contributed by atoms with Gasteiger partial charge in [-0.2, -0.15) is 0 Å². The maximum atomic E-state index is 6.08. The van der Waals surface area contributed by atoms with Gasteiger partial charge in [0.1, 0.15) is 5.75 Å². The number of pyridine rings is 1. The van der Waals surface area contributed by atoms with Crippen molar-refractivity contribution < 1.29 is 4.74 Å². The Kier molecular flexibility index (Phi) is 4.42. The van der Waals surface area contributed by atoms with E-state index in [0.717, 1.165) is 36.9 Å². The van der Waals surface area contributed by atoms with Crippen LogP contribution in [-0.2, 0) is 6.42 Å². The number of hydrogen-bond acceptors (Lipinski definition) is 3. The van der Waals surface area contributed by atoms with E-state index in [1.54, 1.807) is 0 Å². The van der Waals surface area contributed by atoms with Gasteiger partial charge in [-0.15, -0.1) is 0 Å². The molecule has 1 aliphatic heterocycles. The highest BCUT2D eigenvalue weighted by molar-refractivity contribution is 5.69. The van der Waals surface area contributed by atoms with Crippen LogP contribution in [0.3, 0.4) is 0 Å². The summed E-state index contributed by atoms with van der Waals surface area (Å²) in [6.07, 6.45) is 10.2. The van der Waals surface area contributed by atoms with Gasteiger partial charge in [0.05, 0.1) is 24.7 Å². The summed E-state index contributed by atoms with van der Waals surface area (Å²) in [6.45, 7) is 4.21. The number of benzene rings is 1. The Morgan fingerprint density at radius 3 is 2.83 bits per heavy atom. The van der Waals surface area contributed by atoms with Crippen LogP contribution >= 0.6 is 0 Å². The summed E-state index contributed by atoms with van der Waals surface area (Å²) in [5.41, 5.74) is 3.85. The Balaban J connectivity index is 1.43. The highest BCUT2D eigenvalue weighted by atomic mass is 16.5. The molecule has 3 heteroatoms. The molecule has 0 N–H and O–H groups in total. The van der Waals surface area contributed by atoms with E-state index >= 15 is 0 Å². The average Bonchev–Trinajstić information content (AvgIpc) is 3.06.